The van der Waals surface area contributed by atoms with Crippen LogP contribution in [0, 0.1) is 10.1 Å². The van der Waals surface area contributed by atoms with Gasteiger partial charge in [-0.15, -0.1) is 0 Å². The fourth-order valence-electron chi connectivity index (χ4n) is 2.31. The first-order valence-electron chi connectivity index (χ1n) is 6.88. The molecule has 1 aromatic carbocycles. The molecule has 0 saturated carbocycles. The second-order valence-electron chi connectivity index (χ2n) is 5.02. The van der Waals surface area contributed by atoms with Gasteiger partial charge in [0.15, 0.2) is 11.7 Å². The summed E-state index contributed by atoms with van der Waals surface area (Å²) in [5.41, 5.74) is 0.515. The van der Waals surface area contributed by atoms with E-state index in [1.165, 1.54) is 28.4 Å². The number of hydrogen-bond donors (Lipinski definition) is 2. The zero-order valence-electron chi connectivity index (χ0n) is 11.7. The van der Waals surface area contributed by atoms with Crippen molar-refractivity contribution in [2.24, 2.45) is 0 Å². The highest BCUT2D eigenvalue weighted by Crippen LogP contribution is 2.28. The van der Waals surface area contributed by atoms with Crippen LogP contribution >= 0.6 is 11.3 Å². The van der Waals surface area contributed by atoms with Gasteiger partial charge in [-0.2, -0.15) is 0 Å². The van der Waals surface area contributed by atoms with E-state index in [9.17, 15) is 14.9 Å². The van der Waals surface area contributed by atoms with Crippen molar-refractivity contribution in [3.8, 4) is 0 Å². The molecule has 0 spiro atoms. The maximum atomic E-state index is 12.0. The van der Waals surface area contributed by atoms with Gasteiger partial charge in [-0.25, -0.2) is 4.98 Å². The minimum Gasteiger partial charge on any atom is -0.370 e. The average molecular weight is 323 g/mol. The largest absolute Gasteiger partial charge is 0.370 e. The second-order valence-corrected chi connectivity index (χ2v) is 6.05. The highest BCUT2D eigenvalue weighted by Gasteiger charge is 2.19. The summed E-state index contributed by atoms with van der Waals surface area (Å²) in [5, 5.41) is 14.0. The number of quaternary nitrogens is 1. The second kappa shape index (κ2) is 6.34. The van der Waals surface area contributed by atoms with Gasteiger partial charge in [0.25, 0.3) is 11.6 Å². The number of benzene rings is 1. The van der Waals surface area contributed by atoms with Crippen LogP contribution in [0.1, 0.15) is 0 Å². The van der Waals surface area contributed by atoms with Crippen molar-refractivity contribution in [3.63, 3.8) is 0 Å². The van der Waals surface area contributed by atoms with Crippen molar-refractivity contribution in [2.75, 3.05) is 38.2 Å². The van der Waals surface area contributed by atoms with E-state index < -0.39 is 4.92 Å². The first-order chi connectivity index (χ1) is 10.6. The molecule has 2 heterocycles. The van der Waals surface area contributed by atoms with Crippen LogP contribution in [-0.4, -0.2) is 48.7 Å². The number of morpholine rings is 1. The summed E-state index contributed by atoms with van der Waals surface area (Å²) in [6.45, 7) is 3.36. The Balaban J connectivity index is 1.67. The molecule has 22 heavy (non-hydrogen) atoms. The van der Waals surface area contributed by atoms with Gasteiger partial charge in [0.05, 0.1) is 28.4 Å². The zero-order valence-corrected chi connectivity index (χ0v) is 12.5. The third-order valence-corrected chi connectivity index (χ3v) is 4.39. The molecule has 1 amide bonds. The molecule has 2 N–H and O–H groups in total. The molecule has 2 aromatic rings. The molecule has 0 bridgehead atoms. The monoisotopic (exact) mass is 323 g/mol. The Labute approximate surface area is 129 Å². The summed E-state index contributed by atoms with van der Waals surface area (Å²) in [5.74, 6) is -0.106. The summed E-state index contributed by atoms with van der Waals surface area (Å²) in [6, 6.07) is 4.49. The van der Waals surface area contributed by atoms with Crippen LogP contribution in [0.4, 0.5) is 10.8 Å². The minimum absolute atomic E-state index is 0.00608. The number of hydrogen-bond acceptors (Lipinski definition) is 6. The number of thiazole rings is 1. The number of nitrogens with zero attached hydrogens (tertiary/aromatic N) is 2. The predicted octanol–water partition coefficient (Wildman–Crippen LogP) is 0.0581. The quantitative estimate of drug-likeness (QED) is 0.612. The fourth-order valence-corrected chi connectivity index (χ4v) is 3.17. The number of amides is 1. The number of carbonyl (C=O) groups excluding carboxylic acids is 1. The van der Waals surface area contributed by atoms with Crippen LogP contribution in [0.2, 0.25) is 0 Å². The van der Waals surface area contributed by atoms with Crippen molar-refractivity contribution in [1.29, 1.82) is 0 Å². The van der Waals surface area contributed by atoms with Gasteiger partial charge >= 0.3 is 0 Å². The summed E-state index contributed by atoms with van der Waals surface area (Å²) >= 11 is 1.31. The molecule has 1 fully saturated rings. The van der Waals surface area contributed by atoms with E-state index in [1.54, 1.807) is 6.07 Å². The molecule has 8 nitrogen and oxygen atoms in total. The van der Waals surface area contributed by atoms with Crippen molar-refractivity contribution < 1.29 is 19.4 Å². The lowest BCUT2D eigenvalue weighted by Gasteiger charge is -2.22. The van der Waals surface area contributed by atoms with Crippen LogP contribution < -0.4 is 10.2 Å². The molecular weight excluding hydrogens is 308 g/mol. The summed E-state index contributed by atoms with van der Waals surface area (Å²) in [6.07, 6.45) is 0. The number of aromatic nitrogens is 1. The van der Waals surface area contributed by atoms with Gasteiger partial charge < -0.3 is 9.64 Å². The molecule has 116 valence electrons. The lowest BCUT2D eigenvalue weighted by Crippen LogP contribution is -3.15. The number of rotatable bonds is 4. The normalized spacial score (nSPS) is 15.8. The molecule has 1 aromatic heterocycles. The number of anilines is 1. The highest BCUT2D eigenvalue weighted by atomic mass is 32.1. The molecule has 1 aliphatic heterocycles. The molecule has 0 aliphatic carbocycles. The van der Waals surface area contributed by atoms with Gasteiger partial charge in [0.1, 0.15) is 13.1 Å². The van der Waals surface area contributed by atoms with Crippen molar-refractivity contribution in [2.45, 2.75) is 0 Å². The van der Waals surface area contributed by atoms with E-state index in [-0.39, 0.29) is 11.6 Å². The summed E-state index contributed by atoms with van der Waals surface area (Å²) in [7, 11) is 0. The van der Waals surface area contributed by atoms with E-state index >= 15 is 0 Å². The van der Waals surface area contributed by atoms with Gasteiger partial charge in [0.2, 0.25) is 0 Å². The number of ether oxygens (including phenoxy) is 1. The Morgan fingerprint density at radius 3 is 2.95 bits per heavy atom. The number of non-ortho nitro benzene ring substituents is 1. The molecule has 1 aliphatic rings. The molecule has 1 saturated heterocycles. The molecular formula is C13H15N4O4S+. The molecule has 0 atom stereocenters. The number of carbonyl (C=O) groups is 1. The third-order valence-electron chi connectivity index (χ3n) is 3.44. The van der Waals surface area contributed by atoms with E-state index in [4.69, 9.17) is 4.74 Å². The van der Waals surface area contributed by atoms with Gasteiger partial charge in [-0.3, -0.25) is 20.2 Å². The predicted molar refractivity (Wildman–Crippen MR) is 81.3 cm³/mol. The number of nitro groups is 1. The standard InChI is InChI=1S/C13H14N4O4S/c18-12(8-16-3-5-21-6-4-16)15-13-14-10-7-9(17(19)20)1-2-11(10)22-13/h1-2,7H,3-6,8H2,(H,14,15,18)/p+1. The molecule has 0 radical (unpaired) electrons. The number of fused-ring (bicyclic) bond motifs is 1. The van der Waals surface area contributed by atoms with Crippen LogP contribution in [0.3, 0.4) is 0 Å². The van der Waals surface area contributed by atoms with Crippen molar-refractivity contribution >= 4 is 38.3 Å². The van der Waals surface area contributed by atoms with Crippen molar-refractivity contribution in [3.05, 3.63) is 28.3 Å². The van der Waals surface area contributed by atoms with Crippen molar-refractivity contribution in [1.82, 2.24) is 4.98 Å². The Hall–Kier alpha value is -2.10. The van der Waals surface area contributed by atoms with E-state index in [2.05, 4.69) is 10.3 Å². The zero-order chi connectivity index (χ0) is 15.5. The van der Waals surface area contributed by atoms with Crippen LogP contribution in [0.25, 0.3) is 10.2 Å². The number of nitrogens with one attached hydrogen (secondary N) is 2. The Morgan fingerprint density at radius 1 is 1.45 bits per heavy atom. The maximum Gasteiger partial charge on any atom is 0.281 e. The Morgan fingerprint density at radius 2 is 2.23 bits per heavy atom. The van der Waals surface area contributed by atoms with Gasteiger partial charge in [0, 0.05) is 12.1 Å². The molecule has 9 heteroatoms. The highest BCUT2D eigenvalue weighted by molar-refractivity contribution is 7.22. The van der Waals surface area contributed by atoms with E-state index in [0.29, 0.717) is 30.4 Å². The van der Waals surface area contributed by atoms with E-state index in [0.717, 1.165) is 17.8 Å². The minimum atomic E-state index is -0.459. The van der Waals surface area contributed by atoms with Crippen LogP contribution in [-0.2, 0) is 9.53 Å². The molecule has 0 unspecified atom stereocenters. The van der Waals surface area contributed by atoms with Gasteiger partial charge in [-0.1, -0.05) is 11.3 Å². The first kappa shape index (κ1) is 14.8. The summed E-state index contributed by atoms with van der Waals surface area (Å²) < 4.78 is 6.06. The SMILES string of the molecule is O=C(C[NH+]1CCOCC1)Nc1nc2cc([N+](=O)[O-])ccc2s1. The third kappa shape index (κ3) is 3.38. The van der Waals surface area contributed by atoms with E-state index in [1.807, 2.05) is 0 Å². The maximum absolute atomic E-state index is 12.0. The average Bonchev–Trinajstić information content (AvgIpc) is 2.89. The van der Waals surface area contributed by atoms with Crippen LogP contribution in [0.5, 0.6) is 0 Å². The van der Waals surface area contributed by atoms with Crippen LogP contribution in [0.15, 0.2) is 18.2 Å². The molecule has 3 rings (SSSR count). The lowest BCUT2D eigenvalue weighted by molar-refractivity contribution is -0.899. The fraction of sp³-hybridized carbons (Fsp3) is 0.385. The van der Waals surface area contributed by atoms with Gasteiger partial charge in [-0.05, 0) is 6.07 Å². The lowest BCUT2D eigenvalue weighted by atomic mass is 10.3. The Bertz CT molecular complexity index is 711. The Kier molecular flexibility index (Phi) is 4.27. The smallest absolute Gasteiger partial charge is 0.281 e. The topological polar surface area (TPSA) is 98.8 Å². The summed E-state index contributed by atoms with van der Waals surface area (Å²) in [4.78, 5) is 27.7. The number of nitro benzene ring substituents is 1. The first-order valence-corrected chi connectivity index (χ1v) is 7.69.